The van der Waals surface area contributed by atoms with Crippen LogP contribution in [0.3, 0.4) is 0 Å². The summed E-state index contributed by atoms with van der Waals surface area (Å²) in [7, 11) is 0. The van der Waals surface area contributed by atoms with Gasteiger partial charge in [0.1, 0.15) is 0 Å². The van der Waals surface area contributed by atoms with Gasteiger partial charge in [-0.25, -0.2) is 0 Å². The maximum Gasteiger partial charge on any atom is 0.0331 e. The van der Waals surface area contributed by atoms with Crippen LogP contribution >= 0.6 is 0 Å². The quantitative estimate of drug-likeness (QED) is 0.743. The summed E-state index contributed by atoms with van der Waals surface area (Å²) in [5.41, 5.74) is 6.30. The third-order valence-corrected chi connectivity index (χ3v) is 4.46. The molecule has 2 nitrogen and oxygen atoms in total. The Morgan fingerprint density at radius 2 is 2.07 bits per heavy atom. The van der Waals surface area contributed by atoms with E-state index in [0.29, 0.717) is 5.54 Å². The summed E-state index contributed by atoms with van der Waals surface area (Å²) in [6.45, 7) is 8.10. The molecular weight excluding hydrogens is 172 g/mol. The number of likely N-dealkylation sites (tertiary alicyclic amines) is 1. The van der Waals surface area contributed by atoms with Gasteiger partial charge in [-0.2, -0.15) is 0 Å². The number of nitrogens with zero attached hydrogens (tertiary/aromatic N) is 1. The van der Waals surface area contributed by atoms with Crippen molar-refractivity contribution >= 4 is 0 Å². The molecule has 1 aliphatic carbocycles. The van der Waals surface area contributed by atoms with Gasteiger partial charge >= 0.3 is 0 Å². The molecule has 2 rings (SSSR count). The van der Waals surface area contributed by atoms with Crippen LogP contribution in [0.2, 0.25) is 0 Å². The molecule has 0 radical (unpaired) electrons. The third-order valence-electron chi connectivity index (χ3n) is 4.46. The van der Waals surface area contributed by atoms with E-state index in [9.17, 15) is 0 Å². The zero-order valence-electron chi connectivity index (χ0n) is 9.63. The molecule has 1 saturated carbocycles. The fourth-order valence-corrected chi connectivity index (χ4v) is 2.89. The van der Waals surface area contributed by atoms with Crippen molar-refractivity contribution in [2.45, 2.75) is 45.1 Å². The van der Waals surface area contributed by atoms with Crippen LogP contribution in [-0.2, 0) is 0 Å². The lowest BCUT2D eigenvalue weighted by molar-refractivity contribution is 0.113. The van der Waals surface area contributed by atoms with E-state index in [0.717, 1.165) is 18.4 Å². The summed E-state index contributed by atoms with van der Waals surface area (Å²) < 4.78 is 0. The van der Waals surface area contributed by atoms with Gasteiger partial charge in [0, 0.05) is 18.6 Å². The van der Waals surface area contributed by atoms with Crippen molar-refractivity contribution in [3.05, 3.63) is 0 Å². The Morgan fingerprint density at radius 1 is 1.36 bits per heavy atom. The molecule has 1 saturated heterocycles. The number of nitrogens with two attached hydrogens (primary N) is 1. The van der Waals surface area contributed by atoms with E-state index in [1.165, 1.54) is 38.8 Å². The van der Waals surface area contributed by atoms with Crippen LogP contribution in [-0.4, -0.2) is 30.1 Å². The Morgan fingerprint density at radius 3 is 2.50 bits per heavy atom. The molecule has 82 valence electrons. The maximum absolute atomic E-state index is 5.97. The average Bonchev–Trinajstić information content (AvgIpc) is 2.95. The molecule has 2 heteroatoms. The molecule has 2 aliphatic rings. The van der Waals surface area contributed by atoms with E-state index < -0.39 is 0 Å². The first kappa shape index (κ1) is 10.4. The molecule has 0 aromatic rings. The number of hydrogen-bond acceptors (Lipinski definition) is 2. The van der Waals surface area contributed by atoms with E-state index in [-0.39, 0.29) is 0 Å². The van der Waals surface area contributed by atoms with Crippen LogP contribution in [0.25, 0.3) is 0 Å². The van der Waals surface area contributed by atoms with E-state index in [2.05, 4.69) is 18.7 Å². The summed E-state index contributed by atoms with van der Waals surface area (Å²) in [5.74, 6) is 1.82. The standard InChI is InChI=1S/C12H24N2/c1-3-10-6-7-14(8-10)12(2,9-13)11-4-5-11/h10-11H,3-9,13H2,1-2H3. The molecule has 2 unspecified atom stereocenters. The van der Waals surface area contributed by atoms with Gasteiger partial charge in [0.15, 0.2) is 0 Å². The predicted molar refractivity (Wildman–Crippen MR) is 60.2 cm³/mol. The maximum atomic E-state index is 5.97. The van der Waals surface area contributed by atoms with Crippen LogP contribution in [0.5, 0.6) is 0 Å². The van der Waals surface area contributed by atoms with Gasteiger partial charge in [-0.05, 0) is 44.6 Å². The third kappa shape index (κ3) is 1.70. The molecule has 1 heterocycles. The highest BCUT2D eigenvalue weighted by Gasteiger charge is 2.46. The second-order valence-electron chi connectivity index (χ2n) is 5.34. The zero-order chi connectivity index (χ0) is 10.2. The Hall–Kier alpha value is -0.0800. The van der Waals surface area contributed by atoms with Crippen LogP contribution in [0.15, 0.2) is 0 Å². The monoisotopic (exact) mass is 196 g/mol. The van der Waals surface area contributed by atoms with Crippen molar-refractivity contribution in [1.29, 1.82) is 0 Å². The van der Waals surface area contributed by atoms with Gasteiger partial charge in [-0.1, -0.05) is 13.3 Å². The largest absolute Gasteiger partial charge is 0.329 e. The fraction of sp³-hybridized carbons (Fsp3) is 1.00. The second kappa shape index (κ2) is 3.82. The minimum absolute atomic E-state index is 0.323. The lowest BCUT2D eigenvalue weighted by atomic mass is 9.94. The van der Waals surface area contributed by atoms with Gasteiger partial charge < -0.3 is 5.73 Å². The van der Waals surface area contributed by atoms with E-state index >= 15 is 0 Å². The van der Waals surface area contributed by atoms with Gasteiger partial charge in [-0.3, -0.25) is 4.90 Å². The van der Waals surface area contributed by atoms with Gasteiger partial charge in [0.05, 0.1) is 0 Å². The zero-order valence-corrected chi connectivity index (χ0v) is 9.63. The van der Waals surface area contributed by atoms with E-state index in [1.54, 1.807) is 0 Å². The van der Waals surface area contributed by atoms with Crippen LogP contribution in [0.4, 0.5) is 0 Å². The Bertz CT molecular complexity index is 200. The number of hydrogen-bond donors (Lipinski definition) is 1. The molecule has 14 heavy (non-hydrogen) atoms. The highest BCUT2D eigenvalue weighted by molar-refractivity contribution is 5.02. The highest BCUT2D eigenvalue weighted by atomic mass is 15.2. The van der Waals surface area contributed by atoms with E-state index in [1.807, 2.05) is 0 Å². The summed E-state index contributed by atoms with van der Waals surface area (Å²) in [5, 5.41) is 0. The molecule has 0 aromatic heterocycles. The Labute approximate surface area is 87.8 Å². The molecule has 0 bridgehead atoms. The van der Waals surface area contributed by atoms with Crippen molar-refractivity contribution < 1.29 is 0 Å². The highest BCUT2D eigenvalue weighted by Crippen LogP contribution is 2.44. The second-order valence-corrected chi connectivity index (χ2v) is 5.34. The first-order valence-corrected chi connectivity index (χ1v) is 6.15. The molecule has 2 N–H and O–H groups in total. The van der Waals surface area contributed by atoms with E-state index in [4.69, 9.17) is 5.73 Å². The van der Waals surface area contributed by atoms with Gasteiger partial charge in [0.25, 0.3) is 0 Å². The first-order chi connectivity index (χ1) is 6.70. The Kier molecular flexibility index (Phi) is 2.85. The molecular formula is C12H24N2. The molecule has 0 amide bonds. The Balaban J connectivity index is 1.98. The van der Waals surface area contributed by atoms with Crippen molar-refractivity contribution in [3.63, 3.8) is 0 Å². The fourth-order valence-electron chi connectivity index (χ4n) is 2.89. The van der Waals surface area contributed by atoms with Gasteiger partial charge in [0.2, 0.25) is 0 Å². The predicted octanol–water partition coefficient (Wildman–Crippen LogP) is 1.85. The topological polar surface area (TPSA) is 29.3 Å². The number of rotatable bonds is 4. The first-order valence-electron chi connectivity index (χ1n) is 6.15. The smallest absolute Gasteiger partial charge is 0.0331 e. The lowest BCUT2D eigenvalue weighted by Gasteiger charge is -2.38. The normalized spacial score (nSPS) is 33.2. The van der Waals surface area contributed by atoms with Gasteiger partial charge in [-0.15, -0.1) is 0 Å². The SMILES string of the molecule is CCC1CCN(C(C)(CN)C2CC2)C1. The minimum atomic E-state index is 0.323. The summed E-state index contributed by atoms with van der Waals surface area (Å²) in [6.07, 6.45) is 5.53. The molecule has 0 spiro atoms. The van der Waals surface area contributed by atoms with Crippen molar-refractivity contribution in [1.82, 2.24) is 4.90 Å². The lowest BCUT2D eigenvalue weighted by Crippen LogP contribution is -2.52. The summed E-state index contributed by atoms with van der Waals surface area (Å²) in [6, 6.07) is 0. The molecule has 2 fully saturated rings. The van der Waals surface area contributed by atoms with Crippen LogP contribution in [0, 0.1) is 11.8 Å². The summed E-state index contributed by atoms with van der Waals surface area (Å²) in [4.78, 5) is 2.67. The molecule has 1 aliphatic heterocycles. The molecule has 2 atom stereocenters. The molecule has 0 aromatic carbocycles. The van der Waals surface area contributed by atoms with Crippen LogP contribution in [0.1, 0.15) is 39.5 Å². The average molecular weight is 196 g/mol. The van der Waals surface area contributed by atoms with Crippen LogP contribution < -0.4 is 5.73 Å². The van der Waals surface area contributed by atoms with Crippen molar-refractivity contribution in [2.24, 2.45) is 17.6 Å². The summed E-state index contributed by atoms with van der Waals surface area (Å²) >= 11 is 0. The van der Waals surface area contributed by atoms with Crippen molar-refractivity contribution in [3.8, 4) is 0 Å². The van der Waals surface area contributed by atoms with Crippen molar-refractivity contribution in [2.75, 3.05) is 19.6 Å². The minimum Gasteiger partial charge on any atom is -0.329 e.